The zero-order chi connectivity index (χ0) is 14.4. The topological polar surface area (TPSA) is 0 Å². The van der Waals surface area contributed by atoms with Crippen LogP contribution >= 0.6 is 15.9 Å². The van der Waals surface area contributed by atoms with Crippen molar-refractivity contribution in [3.05, 3.63) is 0 Å². The fourth-order valence-corrected chi connectivity index (χ4v) is 2.99. The summed E-state index contributed by atoms with van der Waals surface area (Å²) in [6.45, 7) is 4.98. The van der Waals surface area contributed by atoms with Crippen LogP contribution < -0.4 is 17.0 Å². The highest BCUT2D eigenvalue weighted by Crippen LogP contribution is 2.11. The second kappa shape index (κ2) is 16.3. The summed E-state index contributed by atoms with van der Waals surface area (Å²) in [5.41, 5.74) is 0. The SMILES string of the molecule is CCCCCCCCCCC[N+](C)(C)CCCCBr.[Br-]. The Labute approximate surface area is 147 Å². The number of hydrogen-bond acceptors (Lipinski definition) is 0. The van der Waals surface area contributed by atoms with Gasteiger partial charge in [0, 0.05) is 5.33 Å². The van der Waals surface area contributed by atoms with Crippen molar-refractivity contribution in [1.82, 2.24) is 0 Å². The minimum atomic E-state index is 0. The third-order valence-corrected chi connectivity index (χ3v) is 4.57. The molecule has 3 heteroatoms. The van der Waals surface area contributed by atoms with Gasteiger partial charge in [0.2, 0.25) is 0 Å². The first-order chi connectivity index (χ1) is 9.12. The lowest BCUT2D eigenvalue weighted by atomic mass is 10.1. The maximum Gasteiger partial charge on any atom is 0.0782 e. The molecule has 0 rings (SSSR count). The first kappa shape index (κ1) is 23.2. The molecule has 0 aliphatic rings. The Morgan fingerprint density at radius 2 is 1.05 bits per heavy atom. The van der Waals surface area contributed by atoms with Crippen molar-refractivity contribution in [3.8, 4) is 0 Å². The summed E-state index contributed by atoms with van der Waals surface area (Å²) in [4.78, 5) is 0. The number of halogens is 2. The van der Waals surface area contributed by atoms with Crippen LogP contribution in [0.25, 0.3) is 0 Å². The van der Waals surface area contributed by atoms with E-state index in [-0.39, 0.29) is 17.0 Å². The van der Waals surface area contributed by atoms with Gasteiger partial charge in [0.05, 0.1) is 27.2 Å². The third kappa shape index (κ3) is 17.0. The molecular weight excluding hydrogens is 378 g/mol. The lowest BCUT2D eigenvalue weighted by Gasteiger charge is -2.29. The van der Waals surface area contributed by atoms with Gasteiger partial charge in [-0.3, -0.25) is 0 Å². The van der Waals surface area contributed by atoms with E-state index in [0.717, 1.165) is 5.33 Å². The molecule has 1 nitrogen and oxygen atoms in total. The van der Waals surface area contributed by atoms with E-state index in [1.807, 2.05) is 0 Å². The molecule has 20 heavy (non-hydrogen) atoms. The van der Waals surface area contributed by atoms with Gasteiger partial charge in [-0.2, -0.15) is 0 Å². The van der Waals surface area contributed by atoms with Gasteiger partial charge in [0.25, 0.3) is 0 Å². The van der Waals surface area contributed by atoms with E-state index in [1.165, 1.54) is 88.2 Å². The van der Waals surface area contributed by atoms with Crippen LogP contribution in [0.15, 0.2) is 0 Å². The second-order valence-electron chi connectivity index (χ2n) is 6.61. The number of alkyl halides is 1. The zero-order valence-electron chi connectivity index (χ0n) is 14.1. The van der Waals surface area contributed by atoms with Crippen LogP contribution in [0.5, 0.6) is 0 Å². The van der Waals surface area contributed by atoms with E-state index >= 15 is 0 Å². The first-order valence-corrected chi connectivity index (χ1v) is 9.62. The molecule has 0 aromatic carbocycles. The lowest BCUT2D eigenvalue weighted by Crippen LogP contribution is -3.00. The normalized spacial score (nSPS) is 11.4. The highest BCUT2D eigenvalue weighted by atomic mass is 79.9. The highest BCUT2D eigenvalue weighted by molar-refractivity contribution is 9.09. The smallest absolute Gasteiger partial charge is 0.0782 e. The van der Waals surface area contributed by atoms with E-state index in [9.17, 15) is 0 Å². The van der Waals surface area contributed by atoms with Gasteiger partial charge in [-0.1, -0.05) is 67.8 Å². The Morgan fingerprint density at radius 1 is 0.650 bits per heavy atom. The van der Waals surface area contributed by atoms with Gasteiger partial charge < -0.3 is 21.5 Å². The number of hydrogen-bond donors (Lipinski definition) is 0. The molecule has 0 aromatic rings. The van der Waals surface area contributed by atoms with Gasteiger partial charge >= 0.3 is 0 Å². The van der Waals surface area contributed by atoms with Crippen LogP contribution in [0, 0.1) is 0 Å². The third-order valence-electron chi connectivity index (χ3n) is 4.01. The van der Waals surface area contributed by atoms with Gasteiger partial charge in [-0.05, 0) is 25.7 Å². The molecule has 0 bridgehead atoms. The van der Waals surface area contributed by atoms with Crippen molar-refractivity contribution in [2.45, 2.75) is 77.6 Å². The average Bonchev–Trinajstić information content (AvgIpc) is 2.37. The van der Waals surface area contributed by atoms with E-state index < -0.39 is 0 Å². The van der Waals surface area contributed by atoms with E-state index in [2.05, 4.69) is 36.9 Å². The Kier molecular flexibility index (Phi) is 18.9. The van der Waals surface area contributed by atoms with Crippen LogP contribution in [-0.2, 0) is 0 Å². The maximum absolute atomic E-state index is 3.51. The Morgan fingerprint density at radius 3 is 1.50 bits per heavy atom. The lowest BCUT2D eigenvalue weighted by molar-refractivity contribution is -0.890. The predicted molar refractivity (Wildman–Crippen MR) is 92.1 cm³/mol. The van der Waals surface area contributed by atoms with E-state index in [4.69, 9.17) is 0 Å². The van der Waals surface area contributed by atoms with Gasteiger partial charge in [0.15, 0.2) is 0 Å². The van der Waals surface area contributed by atoms with Crippen molar-refractivity contribution in [1.29, 1.82) is 0 Å². The molecule has 0 aliphatic heterocycles. The monoisotopic (exact) mass is 413 g/mol. The van der Waals surface area contributed by atoms with Crippen molar-refractivity contribution in [2.24, 2.45) is 0 Å². The minimum Gasteiger partial charge on any atom is -1.00 e. The molecule has 0 spiro atoms. The van der Waals surface area contributed by atoms with E-state index in [1.54, 1.807) is 0 Å². The minimum absolute atomic E-state index is 0. The van der Waals surface area contributed by atoms with Gasteiger partial charge in [0.1, 0.15) is 0 Å². The average molecular weight is 415 g/mol. The van der Waals surface area contributed by atoms with Crippen LogP contribution in [0.2, 0.25) is 0 Å². The zero-order valence-corrected chi connectivity index (χ0v) is 17.3. The summed E-state index contributed by atoms with van der Waals surface area (Å²) in [5, 5.41) is 1.16. The molecule has 0 amide bonds. The van der Waals surface area contributed by atoms with Gasteiger partial charge in [-0.25, -0.2) is 0 Å². The van der Waals surface area contributed by atoms with Crippen LogP contribution in [0.1, 0.15) is 77.6 Å². The van der Waals surface area contributed by atoms with Crippen molar-refractivity contribution >= 4 is 15.9 Å². The molecule has 0 aliphatic carbocycles. The molecule has 0 aromatic heterocycles. The molecule has 0 unspecified atom stereocenters. The Balaban J connectivity index is 0. The fourth-order valence-electron chi connectivity index (χ4n) is 2.60. The van der Waals surface area contributed by atoms with Crippen LogP contribution in [0.4, 0.5) is 0 Å². The predicted octanol–water partition coefficient (Wildman–Crippen LogP) is 2.77. The quantitative estimate of drug-likeness (QED) is 0.233. The number of unbranched alkanes of at least 4 members (excludes halogenated alkanes) is 9. The largest absolute Gasteiger partial charge is 1.00 e. The maximum atomic E-state index is 3.51. The molecule has 0 radical (unpaired) electrons. The standard InChI is InChI=1S/C17H37BrN.BrH/c1-4-5-6-7-8-9-10-11-13-16-19(2,3)17-14-12-15-18;/h4-17H2,1-3H3;1H/q+1;/p-1. The van der Waals surface area contributed by atoms with Crippen molar-refractivity contribution in [3.63, 3.8) is 0 Å². The molecular formula is C17H37Br2N. The molecule has 0 atom stereocenters. The van der Waals surface area contributed by atoms with Crippen LogP contribution in [0.3, 0.4) is 0 Å². The van der Waals surface area contributed by atoms with E-state index in [0.29, 0.717) is 0 Å². The summed E-state index contributed by atoms with van der Waals surface area (Å²) in [5.74, 6) is 0. The van der Waals surface area contributed by atoms with Crippen LogP contribution in [-0.4, -0.2) is 37.0 Å². The first-order valence-electron chi connectivity index (χ1n) is 8.50. The van der Waals surface area contributed by atoms with Crippen molar-refractivity contribution < 1.29 is 21.5 Å². The summed E-state index contributed by atoms with van der Waals surface area (Å²) < 4.78 is 1.21. The molecule has 0 fully saturated rings. The highest BCUT2D eigenvalue weighted by Gasteiger charge is 2.13. The molecule has 0 saturated heterocycles. The number of rotatable bonds is 14. The van der Waals surface area contributed by atoms with Crippen molar-refractivity contribution in [2.75, 3.05) is 32.5 Å². The summed E-state index contributed by atoms with van der Waals surface area (Å²) in [6, 6.07) is 0. The Bertz CT molecular complexity index is 184. The number of nitrogens with zero attached hydrogens (tertiary/aromatic N) is 1. The number of quaternary nitrogens is 1. The fraction of sp³-hybridized carbons (Fsp3) is 1.00. The molecule has 0 heterocycles. The van der Waals surface area contributed by atoms with Gasteiger partial charge in [-0.15, -0.1) is 0 Å². The molecule has 0 saturated carbocycles. The summed E-state index contributed by atoms with van der Waals surface area (Å²) in [6.07, 6.45) is 15.6. The Hall–Kier alpha value is 0.920. The summed E-state index contributed by atoms with van der Waals surface area (Å²) in [7, 11) is 4.78. The second-order valence-corrected chi connectivity index (χ2v) is 7.40. The molecule has 124 valence electrons. The summed E-state index contributed by atoms with van der Waals surface area (Å²) >= 11 is 3.51. The molecule has 0 N–H and O–H groups in total.